The number of methoxy groups -OCH3 is 1. The molecule has 35 heavy (non-hydrogen) atoms. The van der Waals surface area contributed by atoms with Gasteiger partial charge in [-0.2, -0.15) is 0 Å². The van der Waals surface area contributed by atoms with Gasteiger partial charge in [-0.15, -0.1) is 0 Å². The zero-order valence-corrected chi connectivity index (χ0v) is 21.4. The van der Waals surface area contributed by atoms with E-state index < -0.39 is 0 Å². The van der Waals surface area contributed by atoms with E-state index >= 15 is 0 Å². The fourth-order valence-corrected chi connectivity index (χ4v) is 5.75. The fourth-order valence-electron chi connectivity index (χ4n) is 5.75. The van der Waals surface area contributed by atoms with E-state index in [1.807, 2.05) is 7.05 Å². The van der Waals surface area contributed by atoms with Crippen LogP contribution >= 0.6 is 0 Å². The zero-order chi connectivity index (χ0) is 24.6. The highest BCUT2D eigenvalue weighted by molar-refractivity contribution is 5.69. The maximum absolute atomic E-state index is 12.0. The van der Waals surface area contributed by atoms with Crippen molar-refractivity contribution in [3.63, 3.8) is 0 Å². The molecule has 8 nitrogen and oxygen atoms in total. The second kappa shape index (κ2) is 12.7. The summed E-state index contributed by atoms with van der Waals surface area (Å²) in [5, 5.41) is 0. The van der Waals surface area contributed by atoms with Gasteiger partial charge in [-0.25, -0.2) is 4.79 Å². The number of amides is 1. The molecule has 2 unspecified atom stereocenters. The normalized spacial score (nSPS) is 25.1. The number of benzene rings is 1. The Kier molecular flexibility index (Phi) is 9.40. The standard InChI is InChI=1S/C27H42N4O4/c1-28-21-25(35-27(28)33)31-18-17-29(14-6-9-26(32)34-2)20-24(31)11-10-22-12-15-30(16-13-22)19-23-7-4-3-5-8-23/h3-5,7-8,22,24-25H,6,9-21H2,1-2H3. The number of likely N-dealkylation sites (N-methyl/N-ethyl adjacent to an activating group) is 1. The molecule has 0 radical (unpaired) electrons. The van der Waals surface area contributed by atoms with Crippen molar-refractivity contribution in [3.05, 3.63) is 35.9 Å². The number of hydrogen-bond acceptors (Lipinski definition) is 7. The van der Waals surface area contributed by atoms with Gasteiger partial charge in [-0.1, -0.05) is 30.3 Å². The number of hydrogen-bond donors (Lipinski definition) is 0. The van der Waals surface area contributed by atoms with E-state index in [0.717, 1.165) is 51.5 Å². The van der Waals surface area contributed by atoms with Crippen molar-refractivity contribution in [3.8, 4) is 0 Å². The fraction of sp³-hybridized carbons (Fsp3) is 0.704. The van der Waals surface area contributed by atoms with Crippen LogP contribution in [0.3, 0.4) is 0 Å². The SMILES string of the molecule is COC(=O)CCCN1CCN(C2CN(C)C(=O)O2)C(CCC2CCN(Cc3ccccc3)CC2)C1. The molecule has 2 atom stereocenters. The number of rotatable bonds is 10. The Balaban J connectivity index is 1.27. The molecule has 1 aromatic carbocycles. The van der Waals surface area contributed by atoms with Crippen molar-refractivity contribution in [2.24, 2.45) is 5.92 Å². The summed E-state index contributed by atoms with van der Waals surface area (Å²) in [6, 6.07) is 11.1. The van der Waals surface area contributed by atoms with Crippen LogP contribution in [-0.2, 0) is 20.8 Å². The van der Waals surface area contributed by atoms with Gasteiger partial charge in [0.2, 0.25) is 0 Å². The molecule has 0 aromatic heterocycles. The Morgan fingerprint density at radius 1 is 1.03 bits per heavy atom. The van der Waals surface area contributed by atoms with Crippen LogP contribution in [0.2, 0.25) is 0 Å². The monoisotopic (exact) mass is 486 g/mol. The Bertz CT molecular complexity index is 815. The first kappa shape index (κ1) is 25.9. The lowest BCUT2D eigenvalue weighted by Gasteiger charge is -2.44. The highest BCUT2D eigenvalue weighted by Gasteiger charge is 2.39. The number of carbonyl (C=O) groups excluding carboxylic acids is 2. The molecule has 1 aromatic rings. The quantitative estimate of drug-likeness (QED) is 0.471. The van der Waals surface area contributed by atoms with E-state index in [9.17, 15) is 9.59 Å². The number of nitrogens with zero attached hydrogens (tertiary/aromatic N) is 4. The van der Waals surface area contributed by atoms with Gasteiger partial charge in [-0.3, -0.25) is 14.6 Å². The lowest BCUT2D eigenvalue weighted by atomic mass is 9.89. The second-order valence-corrected chi connectivity index (χ2v) is 10.4. The van der Waals surface area contributed by atoms with Gasteiger partial charge in [0.05, 0.1) is 13.7 Å². The second-order valence-electron chi connectivity index (χ2n) is 10.4. The summed E-state index contributed by atoms with van der Waals surface area (Å²) < 4.78 is 10.5. The van der Waals surface area contributed by atoms with E-state index in [4.69, 9.17) is 9.47 Å². The summed E-state index contributed by atoms with van der Waals surface area (Å²) >= 11 is 0. The Labute approximate surface area is 210 Å². The molecule has 8 heteroatoms. The average Bonchev–Trinajstić information content (AvgIpc) is 3.22. The molecule has 4 rings (SSSR count). The molecule has 3 saturated heterocycles. The molecule has 194 valence electrons. The number of cyclic esters (lactones) is 1. The van der Waals surface area contributed by atoms with Gasteiger partial charge in [0.15, 0.2) is 6.23 Å². The predicted octanol–water partition coefficient (Wildman–Crippen LogP) is 3.03. The molecule has 0 spiro atoms. The maximum Gasteiger partial charge on any atom is 0.411 e. The van der Waals surface area contributed by atoms with Crippen molar-refractivity contribution in [1.82, 2.24) is 19.6 Å². The van der Waals surface area contributed by atoms with Gasteiger partial charge in [0.1, 0.15) is 0 Å². The highest BCUT2D eigenvalue weighted by Crippen LogP contribution is 2.28. The van der Waals surface area contributed by atoms with Crippen molar-refractivity contribution in [2.75, 3.05) is 60.0 Å². The summed E-state index contributed by atoms with van der Waals surface area (Å²) in [6.07, 6.45) is 5.76. The lowest BCUT2D eigenvalue weighted by molar-refractivity contribution is -0.140. The number of ether oxygens (including phenoxy) is 2. The van der Waals surface area contributed by atoms with E-state index in [1.165, 1.54) is 45.0 Å². The summed E-state index contributed by atoms with van der Waals surface area (Å²) in [4.78, 5) is 32.7. The van der Waals surface area contributed by atoms with Gasteiger partial charge < -0.3 is 19.3 Å². The predicted molar refractivity (Wildman–Crippen MR) is 135 cm³/mol. The molecule has 0 aliphatic carbocycles. The van der Waals surface area contributed by atoms with Crippen molar-refractivity contribution < 1.29 is 19.1 Å². The Morgan fingerprint density at radius 3 is 2.49 bits per heavy atom. The molecular formula is C27H42N4O4. The molecule has 3 heterocycles. The van der Waals surface area contributed by atoms with Crippen LogP contribution in [-0.4, -0.2) is 104 Å². The van der Waals surface area contributed by atoms with Gasteiger partial charge in [0, 0.05) is 45.7 Å². The van der Waals surface area contributed by atoms with E-state index in [0.29, 0.717) is 19.0 Å². The van der Waals surface area contributed by atoms with E-state index in [2.05, 4.69) is 45.0 Å². The Morgan fingerprint density at radius 2 is 1.80 bits per heavy atom. The summed E-state index contributed by atoms with van der Waals surface area (Å²) in [7, 11) is 3.26. The van der Waals surface area contributed by atoms with Crippen LogP contribution in [0.25, 0.3) is 0 Å². The van der Waals surface area contributed by atoms with Gasteiger partial charge >= 0.3 is 12.1 Å². The minimum atomic E-state index is -0.222. The van der Waals surface area contributed by atoms with Gasteiger partial charge in [-0.05, 0) is 63.2 Å². The van der Waals surface area contributed by atoms with Crippen LogP contribution in [0.15, 0.2) is 30.3 Å². The van der Waals surface area contributed by atoms with E-state index in [1.54, 1.807) is 4.90 Å². The lowest BCUT2D eigenvalue weighted by Crippen LogP contribution is -2.57. The van der Waals surface area contributed by atoms with Crippen molar-refractivity contribution in [2.45, 2.75) is 57.3 Å². The minimum absolute atomic E-state index is 0.139. The van der Waals surface area contributed by atoms with Crippen LogP contribution in [0, 0.1) is 5.92 Å². The molecule has 3 aliphatic rings. The number of likely N-dealkylation sites (tertiary alicyclic amines) is 1. The summed E-state index contributed by atoms with van der Waals surface area (Å²) in [5.74, 6) is 0.618. The molecule has 0 N–H and O–H groups in total. The van der Waals surface area contributed by atoms with Crippen LogP contribution in [0.1, 0.15) is 44.1 Å². The highest BCUT2D eigenvalue weighted by atomic mass is 16.6. The first-order chi connectivity index (χ1) is 17.0. The largest absolute Gasteiger partial charge is 0.469 e. The van der Waals surface area contributed by atoms with Crippen molar-refractivity contribution >= 4 is 12.1 Å². The van der Waals surface area contributed by atoms with Crippen molar-refractivity contribution in [1.29, 1.82) is 0 Å². The third-order valence-electron chi connectivity index (χ3n) is 7.91. The minimum Gasteiger partial charge on any atom is -0.469 e. The number of esters is 1. The third kappa shape index (κ3) is 7.41. The number of carbonyl (C=O) groups is 2. The Hall–Kier alpha value is -2.16. The van der Waals surface area contributed by atoms with Crippen LogP contribution in [0.5, 0.6) is 0 Å². The summed E-state index contributed by atoms with van der Waals surface area (Å²) in [5.41, 5.74) is 1.40. The number of piperidine rings is 1. The average molecular weight is 487 g/mol. The van der Waals surface area contributed by atoms with Crippen LogP contribution < -0.4 is 0 Å². The third-order valence-corrected chi connectivity index (χ3v) is 7.91. The topological polar surface area (TPSA) is 65.6 Å². The zero-order valence-electron chi connectivity index (χ0n) is 21.4. The molecule has 3 fully saturated rings. The van der Waals surface area contributed by atoms with E-state index in [-0.39, 0.29) is 18.3 Å². The van der Waals surface area contributed by atoms with Crippen LogP contribution in [0.4, 0.5) is 4.79 Å². The van der Waals surface area contributed by atoms with Gasteiger partial charge in [0.25, 0.3) is 0 Å². The summed E-state index contributed by atoms with van der Waals surface area (Å²) in [6.45, 7) is 7.71. The molecule has 1 amide bonds. The number of piperazine rings is 1. The first-order valence-corrected chi connectivity index (χ1v) is 13.2. The molecule has 0 bridgehead atoms. The smallest absolute Gasteiger partial charge is 0.411 e. The molecule has 0 saturated carbocycles. The molecular weight excluding hydrogens is 444 g/mol. The first-order valence-electron chi connectivity index (χ1n) is 13.2. The maximum atomic E-state index is 12.0. The molecule has 3 aliphatic heterocycles.